The number of methoxy groups -OCH3 is 1. The Morgan fingerprint density at radius 3 is 2.63 bits per heavy atom. The van der Waals surface area contributed by atoms with Gasteiger partial charge in [0.1, 0.15) is 11.4 Å². The molecule has 4 N–H and O–H groups in total. The van der Waals surface area contributed by atoms with Crippen molar-refractivity contribution in [2.24, 2.45) is 5.84 Å². The van der Waals surface area contributed by atoms with Crippen LogP contribution in [0, 0.1) is 0 Å². The first-order valence-corrected chi connectivity index (χ1v) is 8.74. The van der Waals surface area contributed by atoms with Gasteiger partial charge in [-0.3, -0.25) is 0 Å². The second kappa shape index (κ2) is 9.22. The van der Waals surface area contributed by atoms with Crippen LogP contribution in [0.25, 0.3) is 11.0 Å². The van der Waals surface area contributed by atoms with Crippen molar-refractivity contribution in [1.82, 2.24) is 15.3 Å². The van der Waals surface area contributed by atoms with Crippen LogP contribution in [0.4, 0.5) is 10.6 Å². The number of carbonyl (C=O) groups excluding carboxylic acids is 1. The summed E-state index contributed by atoms with van der Waals surface area (Å²) in [7, 11) is 1.59. The Kier molecular flexibility index (Phi) is 7.00. The number of hydrogen-bond donors (Lipinski definition) is 3. The maximum Gasteiger partial charge on any atom is 0.407 e. The number of nitrogens with two attached hydrogens (primary N) is 1. The summed E-state index contributed by atoms with van der Waals surface area (Å²) in [5.41, 5.74) is 3.32. The number of hydrogen-bond acceptors (Lipinski definition) is 8. The zero-order valence-corrected chi connectivity index (χ0v) is 16.2. The number of fused-ring (bicyclic) bond motifs is 1. The van der Waals surface area contributed by atoms with Gasteiger partial charge in [0.05, 0.1) is 24.8 Å². The Balaban J connectivity index is 1.84. The predicted molar refractivity (Wildman–Crippen MR) is 103 cm³/mol. The van der Waals surface area contributed by atoms with Gasteiger partial charge in [-0.05, 0) is 45.7 Å². The molecule has 148 valence electrons. The molecule has 1 amide bonds. The molecule has 27 heavy (non-hydrogen) atoms. The number of nitrogen functional groups attached to an aromatic ring is 1. The van der Waals surface area contributed by atoms with Gasteiger partial charge in [-0.1, -0.05) is 0 Å². The van der Waals surface area contributed by atoms with E-state index in [-0.39, 0.29) is 0 Å². The van der Waals surface area contributed by atoms with Gasteiger partial charge in [0, 0.05) is 12.6 Å². The Labute approximate surface area is 158 Å². The summed E-state index contributed by atoms with van der Waals surface area (Å²) >= 11 is 0. The second-order valence-electron chi connectivity index (χ2n) is 6.86. The molecule has 0 fully saturated rings. The lowest BCUT2D eigenvalue weighted by molar-refractivity contribution is 0.0526. The molecule has 0 unspecified atom stereocenters. The highest BCUT2D eigenvalue weighted by Crippen LogP contribution is 2.25. The van der Waals surface area contributed by atoms with E-state index in [9.17, 15) is 4.79 Å². The molecule has 0 saturated carbocycles. The van der Waals surface area contributed by atoms with Crippen molar-refractivity contribution in [2.45, 2.75) is 39.2 Å². The van der Waals surface area contributed by atoms with Crippen LogP contribution in [-0.2, 0) is 4.74 Å². The van der Waals surface area contributed by atoms with E-state index in [1.807, 2.05) is 20.8 Å². The van der Waals surface area contributed by atoms with Crippen LogP contribution in [0.15, 0.2) is 18.2 Å². The smallest absolute Gasteiger partial charge is 0.407 e. The highest BCUT2D eigenvalue weighted by atomic mass is 16.6. The minimum atomic E-state index is -0.504. The van der Waals surface area contributed by atoms with Gasteiger partial charge in [-0.25, -0.2) is 20.6 Å². The Bertz CT molecular complexity index is 776. The molecule has 2 aromatic rings. The Morgan fingerprint density at radius 1 is 1.19 bits per heavy atom. The molecule has 1 heterocycles. The molecule has 2 rings (SSSR count). The topological polar surface area (TPSA) is 121 Å². The molecule has 0 aliphatic carbocycles. The summed E-state index contributed by atoms with van der Waals surface area (Å²) in [5.74, 6) is 6.88. The summed E-state index contributed by atoms with van der Waals surface area (Å²) < 4.78 is 16.1. The van der Waals surface area contributed by atoms with E-state index in [4.69, 9.17) is 20.1 Å². The second-order valence-corrected chi connectivity index (χ2v) is 6.86. The quantitative estimate of drug-likeness (QED) is 0.365. The van der Waals surface area contributed by atoms with E-state index >= 15 is 0 Å². The molecular formula is C18H27N5O4. The van der Waals surface area contributed by atoms with Gasteiger partial charge < -0.3 is 25.0 Å². The molecule has 0 aliphatic heterocycles. The Morgan fingerprint density at radius 2 is 1.96 bits per heavy atom. The van der Waals surface area contributed by atoms with Crippen molar-refractivity contribution in [3.8, 4) is 11.6 Å². The number of carbonyl (C=O) groups is 1. The van der Waals surface area contributed by atoms with Crippen molar-refractivity contribution < 1.29 is 19.0 Å². The number of anilines is 1. The van der Waals surface area contributed by atoms with E-state index in [1.165, 1.54) is 0 Å². The van der Waals surface area contributed by atoms with E-state index in [0.717, 1.165) is 12.8 Å². The summed E-state index contributed by atoms with van der Waals surface area (Å²) in [6, 6.07) is 5.38. The number of nitrogens with zero attached hydrogens (tertiary/aromatic N) is 2. The van der Waals surface area contributed by atoms with Gasteiger partial charge in [-0.2, -0.15) is 0 Å². The third-order valence-corrected chi connectivity index (χ3v) is 3.45. The predicted octanol–water partition coefficient (Wildman–Crippen LogP) is 2.61. The SMILES string of the molecule is COc1ccc2nc(NN)c(OCCCCNC(=O)OC(C)(C)C)nc2c1. The van der Waals surface area contributed by atoms with E-state index in [2.05, 4.69) is 20.7 Å². The third kappa shape index (κ3) is 6.45. The van der Waals surface area contributed by atoms with Gasteiger partial charge in [-0.15, -0.1) is 0 Å². The molecular weight excluding hydrogens is 350 g/mol. The van der Waals surface area contributed by atoms with Crippen LogP contribution < -0.4 is 26.1 Å². The van der Waals surface area contributed by atoms with Crippen molar-refractivity contribution in [3.05, 3.63) is 18.2 Å². The number of aromatic nitrogens is 2. The molecule has 1 aromatic carbocycles. The van der Waals surface area contributed by atoms with Crippen LogP contribution in [0.2, 0.25) is 0 Å². The lowest BCUT2D eigenvalue weighted by Crippen LogP contribution is -2.33. The summed E-state index contributed by atoms with van der Waals surface area (Å²) in [5, 5.41) is 2.71. The number of unbranched alkanes of at least 4 members (excludes halogenated alkanes) is 1. The fraction of sp³-hybridized carbons (Fsp3) is 0.500. The van der Waals surface area contributed by atoms with Crippen molar-refractivity contribution in [2.75, 3.05) is 25.7 Å². The number of nitrogens with one attached hydrogen (secondary N) is 2. The van der Waals surface area contributed by atoms with Crippen LogP contribution in [0.3, 0.4) is 0 Å². The van der Waals surface area contributed by atoms with Gasteiger partial charge >= 0.3 is 6.09 Å². The normalized spacial score (nSPS) is 11.1. The molecule has 1 aromatic heterocycles. The Hall–Kier alpha value is -2.81. The molecule has 9 nitrogen and oxygen atoms in total. The van der Waals surface area contributed by atoms with E-state index in [0.29, 0.717) is 41.6 Å². The minimum absolute atomic E-state index is 0.318. The van der Waals surface area contributed by atoms with Crippen LogP contribution in [-0.4, -0.2) is 41.9 Å². The standard InChI is InChI=1S/C18H27N5O4/c1-18(2,3)27-17(24)20-9-5-6-10-26-16-15(23-19)21-13-8-7-12(25-4)11-14(13)22-16/h7-8,11H,5-6,9-10,19H2,1-4H3,(H,20,24)(H,21,23). The fourth-order valence-corrected chi connectivity index (χ4v) is 2.24. The largest absolute Gasteiger partial charge is 0.497 e. The minimum Gasteiger partial charge on any atom is -0.497 e. The van der Waals surface area contributed by atoms with Gasteiger partial charge in [0.2, 0.25) is 5.82 Å². The first-order chi connectivity index (χ1) is 12.8. The maximum atomic E-state index is 11.6. The highest BCUT2D eigenvalue weighted by molar-refractivity contribution is 5.78. The summed E-state index contributed by atoms with van der Waals surface area (Å²) in [6.07, 6.45) is 1.03. The van der Waals surface area contributed by atoms with Gasteiger partial charge in [0.25, 0.3) is 5.88 Å². The molecule has 0 saturated heterocycles. The molecule has 0 radical (unpaired) electrons. The summed E-state index contributed by atoms with van der Waals surface area (Å²) in [6.45, 7) is 6.38. The maximum absolute atomic E-state index is 11.6. The lowest BCUT2D eigenvalue weighted by Gasteiger charge is -2.19. The van der Waals surface area contributed by atoms with Crippen LogP contribution >= 0.6 is 0 Å². The van der Waals surface area contributed by atoms with E-state index < -0.39 is 11.7 Å². The molecule has 0 aliphatic rings. The molecule has 0 atom stereocenters. The molecule has 9 heteroatoms. The zero-order chi connectivity index (χ0) is 19.9. The highest BCUT2D eigenvalue weighted by Gasteiger charge is 2.15. The van der Waals surface area contributed by atoms with Crippen LogP contribution in [0.5, 0.6) is 11.6 Å². The molecule has 0 bridgehead atoms. The third-order valence-electron chi connectivity index (χ3n) is 3.45. The number of amides is 1. The number of benzene rings is 1. The lowest BCUT2D eigenvalue weighted by atomic mass is 10.2. The van der Waals surface area contributed by atoms with Crippen molar-refractivity contribution >= 4 is 22.9 Å². The van der Waals surface area contributed by atoms with Gasteiger partial charge in [0.15, 0.2) is 0 Å². The zero-order valence-electron chi connectivity index (χ0n) is 16.2. The van der Waals surface area contributed by atoms with E-state index in [1.54, 1.807) is 25.3 Å². The number of alkyl carbamates (subject to hydrolysis) is 1. The first-order valence-electron chi connectivity index (χ1n) is 8.74. The average Bonchev–Trinajstić information content (AvgIpc) is 2.61. The fourth-order valence-electron chi connectivity index (χ4n) is 2.24. The average molecular weight is 377 g/mol. The number of rotatable bonds is 8. The number of ether oxygens (including phenoxy) is 3. The van der Waals surface area contributed by atoms with Crippen LogP contribution in [0.1, 0.15) is 33.6 Å². The number of hydrazine groups is 1. The first kappa shape index (κ1) is 20.5. The van der Waals surface area contributed by atoms with Crippen molar-refractivity contribution in [1.29, 1.82) is 0 Å². The summed E-state index contributed by atoms with van der Waals surface area (Å²) in [4.78, 5) is 20.4. The van der Waals surface area contributed by atoms with Crippen molar-refractivity contribution in [3.63, 3.8) is 0 Å². The monoisotopic (exact) mass is 377 g/mol. The molecule has 0 spiro atoms.